The Labute approximate surface area is 182 Å². The van der Waals surface area contributed by atoms with Crippen LogP contribution in [0.25, 0.3) is 11.1 Å². The summed E-state index contributed by atoms with van der Waals surface area (Å²) >= 11 is 0. The van der Waals surface area contributed by atoms with E-state index in [4.69, 9.17) is 4.74 Å². The smallest absolute Gasteiger partial charge is 0.387 e. The van der Waals surface area contributed by atoms with Crippen LogP contribution >= 0.6 is 0 Å². The Balaban J connectivity index is 1.82. The van der Waals surface area contributed by atoms with Gasteiger partial charge in [0.05, 0.1) is 0 Å². The van der Waals surface area contributed by atoms with Crippen LogP contribution in [0.3, 0.4) is 0 Å². The lowest BCUT2D eigenvalue weighted by molar-refractivity contribution is -0.132. The Bertz CT molecular complexity index is 1140. The highest BCUT2D eigenvalue weighted by atomic mass is 19.3. The van der Waals surface area contributed by atoms with E-state index in [2.05, 4.69) is 25.0 Å². The molecule has 32 heavy (non-hydrogen) atoms. The number of hydroxylamine groups is 1. The number of carbonyl (C=O) groups excluding carboxylic acids is 1. The van der Waals surface area contributed by atoms with E-state index < -0.39 is 12.2 Å². The summed E-state index contributed by atoms with van der Waals surface area (Å²) in [6, 6.07) is 16.2. The van der Waals surface area contributed by atoms with E-state index in [1.807, 2.05) is 36.4 Å². The highest BCUT2D eigenvalue weighted by Gasteiger charge is 2.42. The molecule has 164 valence electrons. The quantitative estimate of drug-likeness (QED) is 0.443. The first-order valence-electron chi connectivity index (χ1n) is 9.67. The van der Waals surface area contributed by atoms with Crippen molar-refractivity contribution in [1.82, 2.24) is 10.5 Å². The van der Waals surface area contributed by atoms with Gasteiger partial charge in [-0.25, -0.2) is 4.99 Å². The highest BCUT2D eigenvalue weighted by molar-refractivity contribution is 5.77. The number of benzene rings is 2. The summed E-state index contributed by atoms with van der Waals surface area (Å²) in [5, 5.41) is 0. The van der Waals surface area contributed by atoms with Crippen molar-refractivity contribution >= 4 is 12.5 Å². The van der Waals surface area contributed by atoms with Gasteiger partial charge in [0.15, 0.2) is 5.54 Å². The molecular formula is C23H19F2N3O4. The first kappa shape index (κ1) is 21.2. The summed E-state index contributed by atoms with van der Waals surface area (Å²) < 4.78 is 35.5. The van der Waals surface area contributed by atoms with Crippen LogP contribution in [0.5, 0.6) is 5.75 Å². The predicted molar refractivity (Wildman–Crippen MR) is 112 cm³/mol. The highest BCUT2D eigenvalue weighted by Crippen LogP contribution is 2.41. The molecule has 1 aromatic heterocycles. The van der Waals surface area contributed by atoms with Crippen LogP contribution in [-0.4, -0.2) is 30.7 Å². The average Bonchev–Trinajstić information content (AvgIpc) is 3.23. The van der Waals surface area contributed by atoms with Crippen molar-refractivity contribution in [2.75, 3.05) is 6.61 Å². The number of aromatic nitrogens is 1. The third kappa shape index (κ3) is 4.22. The number of alkyl halides is 2. The molecule has 3 aromatic rings. The minimum atomic E-state index is -2.92. The minimum Gasteiger partial charge on any atom is -0.460 e. The van der Waals surface area contributed by atoms with Gasteiger partial charge in [0, 0.05) is 12.4 Å². The predicted octanol–water partition coefficient (Wildman–Crippen LogP) is 3.97. The van der Waals surface area contributed by atoms with Gasteiger partial charge in [-0.15, -0.1) is 0 Å². The number of halogens is 2. The topological polar surface area (TPSA) is 82.0 Å². The number of nitrogens with zero attached hydrogens (tertiary/aromatic N) is 2. The van der Waals surface area contributed by atoms with E-state index in [-0.39, 0.29) is 24.9 Å². The van der Waals surface area contributed by atoms with Crippen molar-refractivity contribution in [2.45, 2.75) is 19.1 Å². The van der Waals surface area contributed by atoms with Crippen molar-refractivity contribution in [3.05, 3.63) is 83.7 Å². The summed E-state index contributed by atoms with van der Waals surface area (Å²) in [6.45, 7) is -0.821. The molecule has 2 aromatic carbocycles. The molecule has 7 nitrogen and oxygen atoms in total. The van der Waals surface area contributed by atoms with Gasteiger partial charge in [-0.1, -0.05) is 30.3 Å². The number of aliphatic imine (C=N–C) groups is 1. The maximum atomic E-state index is 12.6. The molecule has 0 bridgehead atoms. The summed E-state index contributed by atoms with van der Waals surface area (Å²) in [4.78, 5) is 24.0. The van der Waals surface area contributed by atoms with Crippen molar-refractivity contribution < 1.29 is 27.9 Å². The zero-order chi connectivity index (χ0) is 22.6. The van der Waals surface area contributed by atoms with Crippen molar-refractivity contribution in [1.29, 1.82) is 0 Å². The number of aryl methyl sites for hydroxylation is 1. The van der Waals surface area contributed by atoms with Crippen LogP contribution in [0.4, 0.5) is 8.78 Å². The van der Waals surface area contributed by atoms with Crippen molar-refractivity contribution in [3.63, 3.8) is 0 Å². The molecule has 1 N–H and O–H groups in total. The fourth-order valence-corrected chi connectivity index (χ4v) is 3.74. The first-order valence-corrected chi connectivity index (χ1v) is 9.67. The van der Waals surface area contributed by atoms with Crippen LogP contribution in [0.2, 0.25) is 0 Å². The maximum absolute atomic E-state index is 12.6. The van der Waals surface area contributed by atoms with Gasteiger partial charge in [0.25, 0.3) is 0 Å². The van der Waals surface area contributed by atoms with Crippen molar-refractivity contribution in [3.8, 4) is 16.9 Å². The van der Waals surface area contributed by atoms with Crippen LogP contribution in [0, 0.1) is 6.92 Å². The molecule has 0 saturated heterocycles. The molecule has 0 fully saturated rings. The molecule has 0 spiro atoms. The molecule has 1 atom stereocenters. The van der Waals surface area contributed by atoms with E-state index in [9.17, 15) is 13.6 Å². The number of hydrogen-bond donors (Lipinski definition) is 1. The van der Waals surface area contributed by atoms with Gasteiger partial charge in [-0.2, -0.15) is 14.3 Å². The van der Waals surface area contributed by atoms with Crippen LogP contribution < -0.4 is 10.2 Å². The van der Waals surface area contributed by atoms with Gasteiger partial charge in [-0.05, 0) is 59.0 Å². The van der Waals surface area contributed by atoms with E-state index in [0.717, 1.165) is 22.3 Å². The van der Waals surface area contributed by atoms with Crippen LogP contribution in [-0.2, 0) is 19.9 Å². The van der Waals surface area contributed by atoms with Gasteiger partial charge in [-0.3, -0.25) is 9.78 Å². The van der Waals surface area contributed by atoms with Gasteiger partial charge >= 0.3 is 19.1 Å². The van der Waals surface area contributed by atoms with Gasteiger partial charge < -0.3 is 14.3 Å². The molecule has 1 aliphatic rings. The third-order valence-corrected chi connectivity index (χ3v) is 5.11. The Hall–Kier alpha value is -4.01. The summed E-state index contributed by atoms with van der Waals surface area (Å²) in [5.74, 6) is 0.0473. The van der Waals surface area contributed by atoms with Gasteiger partial charge in [0.1, 0.15) is 12.4 Å². The number of ether oxygens (including phenoxy) is 2. The maximum Gasteiger partial charge on any atom is 0.387 e. The molecular weight excluding hydrogens is 420 g/mol. The molecule has 1 aliphatic heterocycles. The molecule has 9 heteroatoms. The third-order valence-electron chi connectivity index (χ3n) is 5.11. The Morgan fingerprint density at radius 1 is 1.16 bits per heavy atom. The van der Waals surface area contributed by atoms with Gasteiger partial charge in [0.2, 0.25) is 0 Å². The second-order valence-electron chi connectivity index (χ2n) is 7.06. The molecule has 4 rings (SSSR count). The van der Waals surface area contributed by atoms with E-state index >= 15 is 0 Å². The van der Waals surface area contributed by atoms with Crippen LogP contribution in [0.15, 0.2) is 72.0 Å². The van der Waals surface area contributed by atoms with Crippen LogP contribution in [0.1, 0.15) is 16.7 Å². The monoisotopic (exact) mass is 439 g/mol. The van der Waals surface area contributed by atoms with Crippen molar-refractivity contribution in [2.24, 2.45) is 4.99 Å². The second-order valence-corrected chi connectivity index (χ2v) is 7.06. The number of carbonyl (C=O) groups is 1. The summed E-state index contributed by atoms with van der Waals surface area (Å²) in [6.07, 6.45) is 3.45. The number of hydrogen-bond acceptors (Lipinski definition) is 7. The number of nitrogens with one attached hydrogen (secondary N) is 1. The normalized spacial score (nSPS) is 17.4. The van der Waals surface area contributed by atoms with E-state index in [0.29, 0.717) is 5.56 Å². The Morgan fingerprint density at radius 3 is 2.72 bits per heavy atom. The average molecular weight is 439 g/mol. The second kappa shape index (κ2) is 9.01. The fraction of sp³-hybridized carbons (Fsp3) is 0.174. The largest absolute Gasteiger partial charge is 0.460 e. The molecule has 0 saturated carbocycles. The molecule has 0 radical (unpaired) electrons. The summed E-state index contributed by atoms with van der Waals surface area (Å²) in [7, 11) is 0. The van der Waals surface area contributed by atoms with E-state index in [1.54, 1.807) is 25.4 Å². The SMILES string of the molecule is Cc1cc(OC(F)F)ccc1C1(c2cccc(-c3cccnc3)c2)COC(NOC=O)=N1. The van der Waals surface area contributed by atoms with E-state index in [1.165, 1.54) is 12.1 Å². The Morgan fingerprint density at radius 2 is 2.00 bits per heavy atom. The lowest BCUT2D eigenvalue weighted by Crippen LogP contribution is -2.28. The first-order chi connectivity index (χ1) is 15.5. The molecule has 0 amide bonds. The standard InChI is InChI=1S/C23H19F2N3O4/c1-15-10-19(32-21(24)25)7-8-20(15)23(13-30-22(27-23)28-31-14-29)18-6-2-4-16(11-18)17-5-3-9-26-12-17/h2-12,14,21H,13H2,1H3,(H,27,28). The fourth-order valence-electron chi connectivity index (χ4n) is 3.74. The molecule has 2 heterocycles. The number of rotatable bonds is 7. The number of pyridine rings is 1. The molecule has 1 unspecified atom stereocenters. The molecule has 0 aliphatic carbocycles. The summed E-state index contributed by atoms with van der Waals surface area (Å²) in [5.41, 5.74) is 5.39. The minimum absolute atomic E-state index is 0.0242. The number of amidine groups is 1. The lowest BCUT2D eigenvalue weighted by Gasteiger charge is -2.27. The zero-order valence-corrected chi connectivity index (χ0v) is 17.0. The zero-order valence-electron chi connectivity index (χ0n) is 17.0. The lowest BCUT2D eigenvalue weighted by atomic mass is 9.81. The Kier molecular flexibility index (Phi) is 5.98.